The second-order valence-corrected chi connectivity index (χ2v) is 9.36. The van der Waals surface area contributed by atoms with Crippen molar-refractivity contribution in [1.29, 1.82) is 0 Å². The summed E-state index contributed by atoms with van der Waals surface area (Å²) in [5.41, 5.74) is 6.81. The van der Waals surface area contributed by atoms with Gasteiger partial charge in [0.1, 0.15) is 0 Å². The number of nitrogens with zero attached hydrogens (tertiary/aromatic N) is 2. The van der Waals surface area contributed by atoms with Crippen LogP contribution < -0.4 is 4.90 Å². The van der Waals surface area contributed by atoms with Crippen molar-refractivity contribution in [2.45, 2.75) is 45.7 Å². The Bertz CT molecular complexity index is 1150. The van der Waals surface area contributed by atoms with E-state index in [1.165, 1.54) is 16.7 Å². The van der Waals surface area contributed by atoms with Crippen molar-refractivity contribution in [2.75, 3.05) is 11.4 Å². The van der Waals surface area contributed by atoms with Crippen molar-refractivity contribution < 1.29 is 9.59 Å². The monoisotopic (exact) mass is 438 g/mol. The molecule has 0 bridgehead atoms. The van der Waals surface area contributed by atoms with Crippen LogP contribution in [0.15, 0.2) is 72.8 Å². The lowest BCUT2D eigenvalue weighted by Crippen LogP contribution is -2.36. The maximum Gasteiger partial charge on any atom is 0.230 e. The standard InChI is InChI=1S/C29H30N2O2/c1-21-6-8-23(9-7-21)19-31(29(33)25-12-13-25)27-14-10-22(11-15-27)18-28(32)30-17-16-24-4-2-3-5-26(24)20-30/h2-11,14-15,25H,12-13,16-20H2,1H3. The molecule has 3 aromatic rings. The minimum atomic E-state index is 0.152. The number of anilines is 1. The Morgan fingerprint density at radius 2 is 1.55 bits per heavy atom. The van der Waals surface area contributed by atoms with Gasteiger partial charge in [0.25, 0.3) is 0 Å². The van der Waals surface area contributed by atoms with Crippen LogP contribution >= 0.6 is 0 Å². The van der Waals surface area contributed by atoms with Gasteiger partial charge in [-0.05, 0) is 60.6 Å². The van der Waals surface area contributed by atoms with Gasteiger partial charge >= 0.3 is 0 Å². The largest absolute Gasteiger partial charge is 0.338 e. The summed E-state index contributed by atoms with van der Waals surface area (Å²) in [6, 6.07) is 24.7. The fourth-order valence-corrected chi connectivity index (χ4v) is 4.51. The highest BCUT2D eigenvalue weighted by atomic mass is 16.2. The minimum absolute atomic E-state index is 0.152. The zero-order valence-electron chi connectivity index (χ0n) is 19.2. The van der Waals surface area contributed by atoms with Crippen molar-refractivity contribution in [1.82, 2.24) is 4.90 Å². The van der Waals surface area contributed by atoms with E-state index in [9.17, 15) is 9.59 Å². The molecular formula is C29H30N2O2. The number of benzene rings is 3. The Morgan fingerprint density at radius 3 is 2.24 bits per heavy atom. The lowest BCUT2D eigenvalue weighted by atomic mass is 9.99. The van der Waals surface area contributed by atoms with Crippen LogP contribution in [-0.2, 0) is 35.5 Å². The van der Waals surface area contributed by atoms with Crippen molar-refractivity contribution in [3.05, 3.63) is 101 Å². The third-order valence-corrected chi connectivity index (χ3v) is 6.74. The van der Waals surface area contributed by atoms with Gasteiger partial charge in [-0.25, -0.2) is 0 Å². The lowest BCUT2D eigenvalue weighted by Gasteiger charge is -2.29. The summed E-state index contributed by atoms with van der Waals surface area (Å²) in [5.74, 6) is 0.507. The molecule has 1 aliphatic carbocycles. The summed E-state index contributed by atoms with van der Waals surface area (Å²) in [6.07, 6.45) is 3.26. The number of amides is 2. The van der Waals surface area contributed by atoms with Crippen molar-refractivity contribution in [3.63, 3.8) is 0 Å². The number of aryl methyl sites for hydroxylation is 1. The molecule has 0 unspecified atom stereocenters. The number of rotatable bonds is 6. The summed E-state index contributed by atoms with van der Waals surface area (Å²) in [6.45, 7) is 4.10. The number of hydrogen-bond donors (Lipinski definition) is 0. The van der Waals surface area contributed by atoms with E-state index in [0.29, 0.717) is 19.5 Å². The van der Waals surface area contributed by atoms with E-state index in [0.717, 1.165) is 42.6 Å². The molecule has 1 saturated carbocycles. The Balaban J connectivity index is 1.27. The van der Waals surface area contributed by atoms with E-state index in [2.05, 4.69) is 49.4 Å². The Morgan fingerprint density at radius 1 is 0.879 bits per heavy atom. The third-order valence-electron chi connectivity index (χ3n) is 6.74. The average molecular weight is 439 g/mol. The van der Waals surface area contributed by atoms with E-state index in [1.54, 1.807) is 0 Å². The highest BCUT2D eigenvalue weighted by molar-refractivity contribution is 5.96. The van der Waals surface area contributed by atoms with E-state index in [1.807, 2.05) is 40.1 Å². The van der Waals surface area contributed by atoms with E-state index >= 15 is 0 Å². The first-order chi connectivity index (χ1) is 16.1. The second kappa shape index (κ2) is 9.22. The molecule has 3 aromatic carbocycles. The molecule has 0 atom stereocenters. The van der Waals surface area contributed by atoms with Crippen LogP contribution in [0.4, 0.5) is 5.69 Å². The Labute approximate surface area is 195 Å². The van der Waals surface area contributed by atoms with Crippen LogP contribution in [0.1, 0.15) is 40.7 Å². The minimum Gasteiger partial charge on any atom is -0.338 e. The summed E-state index contributed by atoms with van der Waals surface area (Å²) in [5, 5.41) is 0. The summed E-state index contributed by atoms with van der Waals surface area (Å²) in [4.78, 5) is 29.8. The van der Waals surface area contributed by atoms with E-state index in [4.69, 9.17) is 0 Å². The fourth-order valence-electron chi connectivity index (χ4n) is 4.51. The molecule has 0 spiro atoms. The van der Waals surface area contributed by atoms with Crippen molar-refractivity contribution >= 4 is 17.5 Å². The third kappa shape index (κ3) is 5.00. The van der Waals surface area contributed by atoms with Gasteiger partial charge in [-0.3, -0.25) is 9.59 Å². The maximum atomic E-state index is 13.0. The van der Waals surface area contributed by atoms with Crippen LogP contribution in [0, 0.1) is 12.8 Å². The van der Waals surface area contributed by atoms with Gasteiger partial charge in [0.05, 0.1) is 13.0 Å². The molecular weight excluding hydrogens is 408 g/mol. The lowest BCUT2D eigenvalue weighted by molar-refractivity contribution is -0.131. The van der Waals surface area contributed by atoms with Gasteiger partial charge in [0.15, 0.2) is 0 Å². The number of hydrogen-bond acceptors (Lipinski definition) is 2. The molecule has 2 aliphatic rings. The molecule has 33 heavy (non-hydrogen) atoms. The highest BCUT2D eigenvalue weighted by Gasteiger charge is 2.34. The van der Waals surface area contributed by atoms with Gasteiger partial charge < -0.3 is 9.80 Å². The molecule has 5 rings (SSSR count). The SMILES string of the molecule is Cc1ccc(CN(C(=O)C2CC2)c2ccc(CC(=O)N3CCc4ccccc4C3)cc2)cc1. The van der Waals surface area contributed by atoms with E-state index in [-0.39, 0.29) is 17.7 Å². The molecule has 1 fully saturated rings. The smallest absolute Gasteiger partial charge is 0.230 e. The maximum absolute atomic E-state index is 13.0. The number of carbonyl (C=O) groups is 2. The van der Waals surface area contributed by atoms with Crippen molar-refractivity contribution in [3.8, 4) is 0 Å². The predicted octanol–water partition coefficient (Wildman–Crippen LogP) is 5.07. The molecule has 4 heteroatoms. The number of fused-ring (bicyclic) bond motifs is 1. The molecule has 4 nitrogen and oxygen atoms in total. The first-order valence-corrected chi connectivity index (χ1v) is 11.9. The molecule has 1 aliphatic heterocycles. The second-order valence-electron chi connectivity index (χ2n) is 9.36. The van der Waals surface area contributed by atoms with Gasteiger partial charge in [-0.2, -0.15) is 0 Å². The normalized spacial score (nSPS) is 15.1. The Kier molecular flexibility index (Phi) is 5.99. The van der Waals surface area contributed by atoms with Crippen LogP contribution in [0.3, 0.4) is 0 Å². The molecule has 2 amide bonds. The van der Waals surface area contributed by atoms with Crippen LogP contribution in [0.2, 0.25) is 0 Å². The number of carbonyl (C=O) groups excluding carboxylic acids is 2. The summed E-state index contributed by atoms with van der Waals surface area (Å²) < 4.78 is 0. The van der Waals surface area contributed by atoms with Gasteiger partial charge in [0, 0.05) is 24.7 Å². The molecule has 0 aromatic heterocycles. The van der Waals surface area contributed by atoms with Crippen LogP contribution in [0.25, 0.3) is 0 Å². The zero-order chi connectivity index (χ0) is 22.8. The first-order valence-electron chi connectivity index (χ1n) is 11.9. The van der Waals surface area contributed by atoms with E-state index < -0.39 is 0 Å². The molecule has 0 radical (unpaired) electrons. The predicted molar refractivity (Wildman–Crippen MR) is 131 cm³/mol. The summed E-state index contributed by atoms with van der Waals surface area (Å²) in [7, 11) is 0. The first kappa shape index (κ1) is 21.4. The fraction of sp³-hybridized carbons (Fsp3) is 0.310. The van der Waals surface area contributed by atoms with Gasteiger partial charge in [-0.1, -0.05) is 66.2 Å². The molecule has 0 N–H and O–H groups in total. The molecule has 168 valence electrons. The highest BCUT2D eigenvalue weighted by Crippen LogP contribution is 2.33. The average Bonchev–Trinajstić information content (AvgIpc) is 3.69. The molecule has 0 saturated heterocycles. The van der Waals surface area contributed by atoms with Crippen LogP contribution in [-0.4, -0.2) is 23.3 Å². The van der Waals surface area contributed by atoms with Gasteiger partial charge in [-0.15, -0.1) is 0 Å². The topological polar surface area (TPSA) is 40.6 Å². The summed E-state index contributed by atoms with van der Waals surface area (Å²) >= 11 is 0. The zero-order valence-corrected chi connectivity index (χ0v) is 19.2. The van der Waals surface area contributed by atoms with Crippen molar-refractivity contribution in [2.24, 2.45) is 5.92 Å². The quantitative estimate of drug-likeness (QED) is 0.539. The van der Waals surface area contributed by atoms with Gasteiger partial charge in [0.2, 0.25) is 11.8 Å². The van der Waals surface area contributed by atoms with Crippen LogP contribution in [0.5, 0.6) is 0 Å². The Hall–Kier alpha value is -3.40. The molecule has 1 heterocycles.